The maximum atomic E-state index is 6.29. The van der Waals surface area contributed by atoms with Crippen molar-refractivity contribution >= 4 is 34.0 Å². The lowest BCUT2D eigenvalue weighted by Gasteiger charge is -2.33. The van der Waals surface area contributed by atoms with Gasteiger partial charge in [-0.2, -0.15) is 0 Å². The molecular weight excluding hydrogens is 446 g/mol. The summed E-state index contributed by atoms with van der Waals surface area (Å²) in [5.41, 5.74) is 3.08. The van der Waals surface area contributed by atoms with Crippen molar-refractivity contribution < 1.29 is 13.9 Å². The monoisotopic (exact) mass is 481 g/mol. The lowest BCUT2D eigenvalue weighted by Crippen LogP contribution is -2.41. The fourth-order valence-corrected chi connectivity index (χ4v) is 4.83. The maximum Gasteiger partial charge on any atom is 0.176 e. The molecule has 2 aromatic carbocycles. The van der Waals surface area contributed by atoms with Crippen LogP contribution in [-0.2, 0) is 11.2 Å². The Balaban J connectivity index is 1.54. The lowest BCUT2D eigenvalue weighted by atomic mass is 10.1. The van der Waals surface area contributed by atoms with Crippen molar-refractivity contribution in [3.05, 3.63) is 59.9 Å². The number of nitrogens with one attached hydrogen (secondary N) is 1. The molecule has 182 valence electrons. The highest BCUT2D eigenvalue weighted by Crippen LogP contribution is 2.33. The number of nitrogens with zero attached hydrogens (tertiary/aromatic N) is 2. The SMILES string of the molecule is CCc1ccccc1NC(=S)N(CCCN1CCOCC1)[C@@H](C)c1cc2cccc(OC)c2o1. The first-order valence-corrected chi connectivity index (χ1v) is 12.5. The van der Waals surface area contributed by atoms with Crippen molar-refractivity contribution in [2.24, 2.45) is 0 Å². The number of rotatable bonds is 9. The first kappa shape index (κ1) is 24.5. The van der Waals surface area contributed by atoms with E-state index in [1.807, 2.05) is 18.2 Å². The summed E-state index contributed by atoms with van der Waals surface area (Å²) in [4.78, 5) is 4.70. The van der Waals surface area contributed by atoms with E-state index in [2.05, 4.69) is 59.3 Å². The maximum absolute atomic E-state index is 6.29. The summed E-state index contributed by atoms with van der Waals surface area (Å²) in [6.07, 6.45) is 1.95. The van der Waals surface area contributed by atoms with Gasteiger partial charge in [-0.15, -0.1) is 0 Å². The van der Waals surface area contributed by atoms with Gasteiger partial charge in [0.15, 0.2) is 16.4 Å². The third kappa shape index (κ3) is 5.71. The zero-order chi connectivity index (χ0) is 23.9. The number of aryl methyl sites for hydroxylation is 1. The minimum absolute atomic E-state index is 0.0319. The van der Waals surface area contributed by atoms with Gasteiger partial charge in [0.1, 0.15) is 5.76 Å². The third-order valence-corrected chi connectivity index (χ3v) is 6.84. The summed E-state index contributed by atoms with van der Waals surface area (Å²) in [6, 6.07) is 16.4. The second-order valence-corrected chi connectivity index (χ2v) is 9.03. The number of para-hydroxylation sites is 2. The molecule has 1 saturated heterocycles. The normalized spacial score (nSPS) is 15.3. The molecule has 4 rings (SSSR count). The van der Waals surface area contributed by atoms with Gasteiger partial charge in [0, 0.05) is 37.3 Å². The average molecular weight is 482 g/mol. The van der Waals surface area contributed by atoms with Crippen LogP contribution in [0.25, 0.3) is 11.0 Å². The number of benzene rings is 2. The van der Waals surface area contributed by atoms with Crippen molar-refractivity contribution in [1.29, 1.82) is 0 Å². The van der Waals surface area contributed by atoms with E-state index >= 15 is 0 Å². The molecule has 3 aromatic rings. The molecule has 1 aliphatic rings. The largest absolute Gasteiger partial charge is 0.493 e. The van der Waals surface area contributed by atoms with Crippen LogP contribution in [0, 0.1) is 0 Å². The minimum atomic E-state index is -0.0319. The molecule has 0 bridgehead atoms. The number of fused-ring (bicyclic) bond motifs is 1. The molecular formula is C27H35N3O3S. The third-order valence-electron chi connectivity index (χ3n) is 6.50. The summed E-state index contributed by atoms with van der Waals surface area (Å²) in [7, 11) is 1.67. The molecule has 1 N–H and O–H groups in total. The molecule has 0 aliphatic carbocycles. The molecule has 1 aliphatic heterocycles. The van der Waals surface area contributed by atoms with E-state index in [-0.39, 0.29) is 6.04 Å². The number of anilines is 1. The van der Waals surface area contributed by atoms with Gasteiger partial charge in [0.25, 0.3) is 0 Å². The van der Waals surface area contributed by atoms with Crippen LogP contribution in [-0.4, -0.2) is 61.4 Å². The summed E-state index contributed by atoms with van der Waals surface area (Å²) in [5, 5.41) is 5.26. The van der Waals surface area contributed by atoms with Gasteiger partial charge < -0.3 is 24.1 Å². The highest BCUT2D eigenvalue weighted by molar-refractivity contribution is 7.80. The van der Waals surface area contributed by atoms with Crippen molar-refractivity contribution in [2.45, 2.75) is 32.7 Å². The predicted octanol–water partition coefficient (Wildman–Crippen LogP) is 5.49. The van der Waals surface area contributed by atoms with Crippen LogP contribution < -0.4 is 10.1 Å². The molecule has 6 nitrogen and oxygen atoms in total. The summed E-state index contributed by atoms with van der Waals surface area (Å²) < 4.78 is 17.3. The molecule has 0 saturated carbocycles. The Morgan fingerprint density at radius 2 is 1.97 bits per heavy atom. The smallest absolute Gasteiger partial charge is 0.176 e. The number of furan rings is 1. The number of ether oxygens (including phenoxy) is 2. The minimum Gasteiger partial charge on any atom is -0.493 e. The van der Waals surface area contributed by atoms with Crippen LogP contribution in [0.5, 0.6) is 5.75 Å². The number of morpholine rings is 1. The van der Waals surface area contributed by atoms with Gasteiger partial charge in [0.2, 0.25) is 0 Å². The number of thiocarbonyl (C=S) groups is 1. The molecule has 0 spiro atoms. The summed E-state index contributed by atoms with van der Waals surface area (Å²) in [5.74, 6) is 1.62. The first-order chi connectivity index (χ1) is 16.6. The van der Waals surface area contributed by atoms with Crippen LogP contribution in [0.1, 0.15) is 37.6 Å². The number of methoxy groups -OCH3 is 1. The van der Waals surface area contributed by atoms with E-state index in [4.69, 9.17) is 26.1 Å². The zero-order valence-corrected chi connectivity index (χ0v) is 21.2. The molecule has 2 heterocycles. The second-order valence-electron chi connectivity index (χ2n) is 8.65. The van der Waals surface area contributed by atoms with E-state index in [9.17, 15) is 0 Å². The summed E-state index contributed by atoms with van der Waals surface area (Å²) in [6.45, 7) is 9.77. The first-order valence-electron chi connectivity index (χ1n) is 12.1. The van der Waals surface area contributed by atoms with Crippen molar-refractivity contribution in [3.8, 4) is 5.75 Å². The van der Waals surface area contributed by atoms with Gasteiger partial charge in [-0.05, 0) is 55.7 Å². The van der Waals surface area contributed by atoms with Gasteiger partial charge in [0.05, 0.1) is 26.4 Å². The van der Waals surface area contributed by atoms with Crippen molar-refractivity contribution in [1.82, 2.24) is 9.80 Å². The second kappa shape index (κ2) is 11.7. The van der Waals surface area contributed by atoms with Gasteiger partial charge in [-0.25, -0.2) is 0 Å². The Bertz CT molecular complexity index is 1090. The van der Waals surface area contributed by atoms with E-state index in [1.165, 1.54) is 5.56 Å². The van der Waals surface area contributed by atoms with Crippen LogP contribution in [0.2, 0.25) is 0 Å². The Labute approximate surface area is 207 Å². The molecule has 0 unspecified atom stereocenters. The topological polar surface area (TPSA) is 50.1 Å². The molecule has 1 atom stereocenters. The molecule has 0 radical (unpaired) electrons. The van der Waals surface area contributed by atoms with Crippen LogP contribution >= 0.6 is 12.2 Å². The van der Waals surface area contributed by atoms with Gasteiger partial charge in [-0.1, -0.05) is 37.3 Å². The standard InChI is InChI=1S/C27H35N3O3S/c1-4-21-9-5-6-11-23(21)28-27(34)30(14-8-13-29-15-17-32-18-16-29)20(2)25-19-22-10-7-12-24(31-3)26(22)33-25/h5-7,9-12,19-20H,4,8,13-18H2,1-3H3,(H,28,34)/t20-/m0/s1. The zero-order valence-electron chi connectivity index (χ0n) is 20.4. The van der Waals surface area contributed by atoms with Gasteiger partial charge >= 0.3 is 0 Å². The quantitative estimate of drug-likeness (QED) is 0.406. The highest BCUT2D eigenvalue weighted by atomic mass is 32.1. The fourth-order valence-electron chi connectivity index (χ4n) is 4.47. The molecule has 1 fully saturated rings. The van der Waals surface area contributed by atoms with E-state index in [0.717, 1.165) is 80.4 Å². The van der Waals surface area contributed by atoms with E-state index in [1.54, 1.807) is 7.11 Å². The van der Waals surface area contributed by atoms with Crippen molar-refractivity contribution in [2.75, 3.05) is 51.8 Å². The van der Waals surface area contributed by atoms with E-state index in [0.29, 0.717) is 5.11 Å². The van der Waals surface area contributed by atoms with Crippen LogP contribution in [0.3, 0.4) is 0 Å². The summed E-state index contributed by atoms with van der Waals surface area (Å²) >= 11 is 5.96. The number of hydrogen-bond acceptors (Lipinski definition) is 5. The Morgan fingerprint density at radius 3 is 2.74 bits per heavy atom. The fraction of sp³-hybridized carbons (Fsp3) is 0.444. The molecule has 1 aromatic heterocycles. The Morgan fingerprint density at radius 1 is 1.18 bits per heavy atom. The van der Waals surface area contributed by atoms with Crippen molar-refractivity contribution in [3.63, 3.8) is 0 Å². The predicted molar refractivity (Wildman–Crippen MR) is 142 cm³/mol. The van der Waals surface area contributed by atoms with Crippen LogP contribution in [0.15, 0.2) is 52.9 Å². The Kier molecular flexibility index (Phi) is 8.43. The molecule has 0 amide bonds. The lowest BCUT2D eigenvalue weighted by molar-refractivity contribution is 0.0365. The molecule has 7 heteroatoms. The van der Waals surface area contributed by atoms with Crippen LogP contribution in [0.4, 0.5) is 5.69 Å². The van der Waals surface area contributed by atoms with E-state index < -0.39 is 0 Å². The Hall–Kier alpha value is -2.61. The highest BCUT2D eigenvalue weighted by Gasteiger charge is 2.24. The average Bonchev–Trinajstić information content (AvgIpc) is 3.32. The number of hydrogen-bond donors (Lipinski definition) is 1. The molecule has 34 heavy (non-hydrogen) atoms. The van der Waals surface area contributed by atoms with Gasteiger partial charge in [-0.3, -0.25) is 4.90 Å².